The predicted molar refractivity (Wildman–Crippen MR) is 124 cm³/mol. The average molecular weight is 412 g/mol. The molecule has 0 radical (unpaired) electrons. The summed E-state index contributed by atoms with van der Waals surface area (Å²) in [5.74, 6) is 0.547. The van der Waals surface area contributed by atoms with E-state index in [1.165, 1.54) is 0 Å². The highest BCUT2D eigenvalue weighted by Gasteiger charge is 2.28. The molecule has 0 aliphatic carbocycles. The van der Waals surface area contributed by atoms with Gasteiger partial charge < -0.3 is 16.2 Å². The second-order valence-electron chi connectivity index (χ2n) is 10.2. The van der Waals surface area contributed by atoms with Gasteiger partial charge >= 0.3 is 0 Å². The molecule has 0 spiro atoms. The topological polar surface area (TPSA) is 88.2 Å². The van der Waals surface area contributed by atoms with Gasteiger partial charge in [0, 0.05) is 16.7 Å². The molecule has 1 atom stereocenters. The Balaban J connectivity index is 2.50. The lowest BCUT2D eigenvalue weighted by Gasteiger charge is -2.28. The quantitative estimate of drug-likeness (QED) is 0.602. The molecule has 0 aliphatic heterocycles. The summed E-state index contributed by atoms with van der Waals surface area (Å²) in [5.41, 5.74) is 9.21. The van der Waals surface area contributed by atoms with Crippen LogP contribution in [0.5, 0.6) is 5.75 Å². The Morgan fingerprint density at radius 3 is 2.03 bits per heavy atom. The molecule has 1 aromatic carbocycles. The maximum absolute atomic E-state index is 13.3. The number of pyridine rings is 1. The van der Waals surface area contributed by atoms with Crippen LogP contribution in [0, 0.1) is 6.92 Å². The number of benzene rings is 1. The summed E-state index contributed by atoms with van der Waals surface area (Å²) in [6, 6.07) is 7.17. The van der Waals surface area contributed by atoms with E-state index in [2.05, 4.69) is 17.2 Å². The van der Waals surface area contributed by atoms with Gasteiger partial charge in [-0.25, -0.2) is 4.98 Å². The van der Waals surface area contributed by atoms with Gasteiger partial charge in [0.05, 0.1) is 11.7 Å². The van der Waals surface area contributed by atoms with Gasteiger partial charge in [-0.05, 0) is 54.0 Å². The first-order valence-corrected chi connectivity index (χ1v) is 10.7. The molecular weight excluding hydrogens is 374 g/mol. The number of amides is 1. The van der Waals surface area contributed by atoms with Gasteiger partial charge in [0.1, 0.15) is 11.6 Å². The van der Waals surface area contributed by atoms with Gasteiger partial charge in [-0.3, -0.25) is 4.79 Å². The molecule has 0 saturated heterocycles. The van der Waals surface area contributed by atoms with Crippen molar-refractivity contribution in [2.45, 2.75) is 85.1 Å². The van der Waals surface area contributed by atoms with E-state index in [0.717, 1.165) is 35.2 Å². The number of hydrogen-bond donors (Lipinski definition) is 3. The van der Waals surface area contributed by atoms with Crippen LogP contribution in [-0.4, -0.2) is 16.0 Å². The highest BCUT2D eigenvalue weighted by molar-refractivity contribution is 5.95. The maximum Gasteiger partial charge on any atom is 0.251 e. The Bertz CT molecular complexity index is 866. The summed E-state index contributed by atoms with van der Waals surface area (Å²) in [7, 11) is 0. The largest absolute Gasteiger partial charge is 0.507 e. The molecule has 0 aliphatic rings. The van der Waals surface area contributed by atoms with Gasteiger partial charge in [0.15, 0.2) is 0 Å². The lowest BCUT2D eigenvalue weighted by Crippen LogP contribution is -2.30. The number of anilines is 1. The van der Waals surface area contributed by atoms with Crippen LogP contribution in [0.1, 0.15) is 100 Å². The number of hydrogen-bond acceptors (Lipinski definition) is 4. The minimum absolute atomic E-state index is 0.175. The van der Waals surface area contributed by atoms with E-state index in [-0.39, 0.29) is 28.5 Å². The number of nitrogens with one attached hydrogen (secondary N) is 1. The Morgan fingerprint density at radius 1 is 1.07 bits per heavy atom. The van der Waals surface area contributed by atoms with E-state index in [4.69, 9.17) is 5.73 Å². The third-order valence-electron chi connectivity index (χ3n) is 5.24. The van der Waals surface area contributed by atoms with Crippen LogP contribution in [0.2, 0.25) is 0 Å². The van der Waals surface area contributed by atoms with Crippen molar-refractivity contribution in [2.24, 2.45) is 0 Å². The molecule has 2 rings (SSSR count). The van der Waals surface area contributed by atoms with Crippen LogP contribution >= 0.6 is 0 Å². The Morgan fingerprint density at radius 2 is 1.60 bits per heavy atom. The minimum Gasteiger partial charge on any atom is -0.507 e. The molecule has 1 heterocycles. The molecule has 0 saturated carbocycles. The molecule has 1 aromatic heterocycles. The van der Waals surface area contributed by atoms with E-state index in [9.17, 15) is 9.90 Å². The summed E-state index contributed by atoms with van der Waals surface area (Å²) in [4.78, 5) is 17.7. The van der Waals surface area contributed by atoms with E-state index in [1.54, 1.807) is 12.1 Å². The lowest BCUT2D eigenvalue weighted by atomic mass is 9.78. The molecule has 1 amide bonds. The summed E-state index contributed by atoms with van der Waals surface area (Å²) in [5, 5.41) is 14.1. The SMILES string of the molecule is CCCC(NC(=O)c1cc(C(C)(C)C)c(O)c(C(C)(C)C)c1)c1cc(C)cc(N)n1. The lowest BCUT2D eigenvalue weighted by molar-refractivity contribution is 0.0933. The molecule has 164 valence electrons. The first-order valence-electron chi connectivity index (χ1n) is 10.7. The van der Waals surface area contributed by atoms with Crippen LogP contribution in [0.25, 0.3) is 0 Å². The monoisotopic (exact) mass is 411 g/mol. The summed E-state index contributed by atoms with van der Waals surface area (Å²) in [6.45, 7) is 16.3. The van der Waals surface area contributed by atoms with Crippen molar-refractivity contribution in [2.75, 3.05) is 5.73 Å². The number of rotatable bonds is 5. The zero-order valence-electron chi connectivity index (χ0n) is 19.7. The second-order valence-corrected chi connectivity index (χ2v) is 10.2. The standard InChI is InChI=1S/C25H37N3O2/c1-9-10-19(20-11-15(2)12-21(26)27-20)28-23(30)16-13-17(24(3,4)5)22(29)18(14-16)25(6,7)8/h11-14,19,29H,9-10H2,1-8H3,(H2,26,27)(H,28,30). The Hall–Kier alpha value is -2.56. The zero-order valence-corrected chi connectivity index (χ0v) is 19.7. The Labute approximate surface area is 181 Å². The van der Waals surface area contributed by atoms with Crippen LogP contribution in [-0.2, 0) is 10.8 Å². The number of phenolic OH excluding ortho intramolecular Hbond substituents is 1. The fraction of sp³-hybridized carbons (Fsp3) is 0.520. The number of aromatic hydroxyl groups is 1. The molecule has 5 heteroatoms. The number of aryl methyl sites for hydroxylation is 1. The third kappa shape index (κ3) is 5.53. The van der Waals surface area contributed by atoms with Crippen LogP contribution in [0.4, 0.5) is 5.82 Å². The number of aromatic nitrogens is 1. The molecule has 1 unspecified atom stereocenters. The van der Waals surface area contributed by atoms with E-state index < -0.39 is 0 Å². The number of nitrogen functional groups attached to an aromatic ring is 1. The molecule has 0 fully saturated rings. The number of nitrogens with zero attached hydrogens (tertiary/aromatic N) is 1. The summed E-state index contributed by atoms with van der Waals surface area (Å²) >= 11 is 0. The summed E-state index contributed by atoms with van der Waals surface area (Å²) < 4.78 is 0. The van der Waals surface area contributed by atoms with Gasteiger partial charge in [-0.15, -0.1) is 0 Å². The Kier molecular flexibility index (Phi) is 6.85. The van der Waals surface area contributed by atoms with Crippen molar-refractivity contribution in [1.82, 2.24) is 10.3 Å². The number of carbonyl (C=O) groups excluding carboxylic acids is 1. The van der Waals surface area contributed by atoms with Gasteiger partial charge in [-0.2, -0.15) is 0 Å². The third-order valence-corrected chi connectivity index (χ3v) is 5.24. The number of carbonyl (C=O) groups is 1. The molecule has 0 bridgehead atoms. The summed E-state index contributed by atoms with van der Waals surface area (Å²) in [6.07, 6.45) is 1.66. The van der Waals surface area contributed by atoms with Gasteiger partial charge in [0.25, 0.3) is 5.91 Å². The van der Waals surface area contributed by atoms with Crippen molar-refractivity contribution < 1.29 is 9.90 Å². The van der Waals surface area contributed by atoms with E-state index in [0.29, 0.717) is 11.4 Å². The van der Waals surface area contributed by atoms with E-state index in [1.807, 2.05) is 60.6 Å². The minimum atomic E-state index is -0.296. The maximum atomic E-state index is 13.3. The highest BCUT2D eigenvalue weighted by Crippen LogP contribution is 2.39. The second kappa shape index (κ2) is 8.66. The van der Waals surface area contributed by atoms with Gasteiger partial charge in [0.2, 0.25) is 0 Å². The van der Waals surface area contributed by atoms with Crippen molar-refractivity contribution in [3.05, 3.63) is 52.2 Å². The van der Waals surface area contributed by atoms with Crippen LogP contribution < -0.4 is 11.1 Å². The zero-order chi connectivity index (χ0) is 22.9. The highest BCUT2D eigenvalue weighted by atomic mass is 16.3. The molecule has 2 aromatic rings. The smallest absolute Gasteiger partial charge is 0.251 e. The van der Waals surface area contributed by atoms with Crippen molar-refractivity contribution >= 4 is 11.7 Å². The number of nitrogens with two attached hydrogens (primary N) is 1. The normalized spacial score (nSPS) is 13.2. The predicted octanol–water partition coefficient (Wildman–Crippen LogP) is 5.54. The first kappa shape index (κ1) is 23.7. The molecule has 30 heavy (non-hydrogen) atoms. The first-order chi connectivity index (χ1) is 13.7. The molecule has 4 N–H and O–H groups in total. The average Bonchev–Trinajstić information content (AvgIpc) is 2.58. The van der Waals surface area contributed by atoms with Gasteiger partial charge in [-0.1, -0.05) is 54.9 Å². The van der Waals surface area contributed by atoms with Crippen molar-refractivity contribution in [3.63, 3.8) is 0 Å². The van der Waals surface area contributed by atoms with E-state index >= 15 is 0 Å². The van der Waals surface area contributed by atoms with Crippen molar-refractivity contribution in [1.29, 1.82) is 0 Å². The fourth-order valence-electron chi connectivity index (χ4n) is 3.63. The fourth-order valence-corrected chi connectivity index (χ4v) is 3.63. The molecular formula is C25H37N3O2. The van der Waals surface area contributed by atoms with Crippen LogP contribution in [0.15, 0.2) is 24.3 Å². The van der Waals surface area contributed by atoms with Crippen molar-refractivity contribution in [3.8, 4) is 5.75 Å². The molecule has 5 nitrogen and oxygen atoms in total. The van der Waals surface area contributed by atoms with Crippen LogP contribution in [0.3, 0.4) is 0 Å². The number of phenols is 1.